The number of pyridine rings is 1. The molecular formula is C15H16FN3. The molecule has 98 valence electrons. The van der Waals surface area contributed by atoms with Gasteiger partial charge in [0.05, 0.1) is 6.20 Å². The van der Waals surface area contributed by atoms with Crippen molar-refractivity contribution in [1.82, 2.24) is 4.98 Å². The summed E-state index contributed by atoms with van der Waals surface area (Å²) in [5.41, 5.74) is 9.99. The number of aromatic nitrogens is 1. The molecular weight excluding hydrogens is 241 g/mol. The van der Waals surface area contributed by atoms with Crippen LogP contribution in [-0.4, -0.2) is 11.5 Å². The first-order chi connectivity index (χ1) is 9.22. The Bertz CT molecular complexity index is 598. The van der Waals surface area contributed by atoms with Crippen molar-refractivity contribution in [3.63, 3.8) is 0 Å². The fourth-order valence-corrected chi connectivity index (χ4v) is 2.62. The molecule has 4 heteroatoms. The number of hydrogen-bond donors (Lipinski definition) is 1. The lowest BCUT2D eigenvalue weighted by Crippen LogP contribution is -2.28. The van der Waals surface area contributed by atoms with Crippen molar-refractivity contribution >= 4 is 11.4 Å². The van der Waals surface area contributed by atoms with Gasteiger partial charge < -0.3 is 10.6 Å². The molecule has 0 aliphatic carbocycles. The number of nitrogens with zero attached hydrogens (tertiary/aromatic N) is 2. The molecule has 0 radical (unpaired) electrons. The number of anilines is 2. The zero-order valence-corrected chi connectivity index (χ0v) is 10.6. The van der Waals surface area contributed by atoms with Gasteiger partial charge in [-0.2, -0.15) is 0 Å². The van der Waals surface area contributed by atoms with Gasteiger partial charge in [0.25, 0.3) is 0 Å². The molecule has 0 fully saturated rings. The lowest BCUT2D eigenvalue weighted by molar-refractivity contribution is 0.615. The summed E-state index contributed by atoms with van der Waals surface area (Å²) in [4.78, 5) is 6.16. The highest BCUT2D eigenvalue weighted by Gasteiger charge is 2.17. The summed E-state index contributed by atoms with van der Waals surface area (Å²) in [5, 5.41) is 0. The Morgan fingerprint density at radius 2 is 2.16 bits per heavy atom. The highest BCUT2D eigenvalue weighted by atomic mass is 19.1. The van der Waals surface area contributed by atoms with E-state index in [2.05, 4.69) is 16.0 Å². The zero-order chi connectivity index (χ0) is 13.2. The minimum atomic E-state index is -0.285. The zero-order valence-electron chi connectivity index (χ0n) is 10.6. The van der Waals surface area contributed by atoms with E-state index < -0.39 is 0 Å². The predicted molar refractivity (Wildman–Crippen MR) is 74.4 cm³/mol. The van der Waals surface area contributed by atoms with E-state index in [1.54, 1.807) is 12.3 Å². The van der Waals surface area contributed by atoms with Gasteiger partial charge in [0.2, 0.25) is 0 Å². The minimum absolute atomic E-state index is 0.285. The Balaban J connectivity index is 1.87. The Morgan fingerprint density at radius 1 is 1.26 bits per heavy atom. The van der Waals surface area contributed by atoms with Crippen molar-refractivity contribution in [3.8, 4) is 0 Å². The highest BCUT2D eigenvalue weighted by Crippen LogP contribution is 2.29. The van der Waals surface area contributed by atoms with E-state index >= 15 is 0 Å². The monoisotopic (exact) mass is 257 g/mol. The maximum absolute atomic E-state index is 13.2. The van der Waals surface area contributed by atoms with Gasteiger partial charge in [-0.1, -0.05) is 0 Å². The Labute approximate surface area is 111 Å². The molecule has 0 unspecified atom stereocenters. The Morgan fingerprint density at radius 3 is 3.00 bits per heavy atom. The van der Waals surface area contributed by atoms with Crippen molar-refractivity contribution in [2.45, 2.75) is 19.4 Å². The van der Waals surface area contributed by atoms with Crippen LogP contribution >= 0.6 is 0 Å². The molecule has 0 atom stereocenters. The SMILES string of the molecule is Nc1ccc2c(c1)CCCN2Cc1cncc(F)c1. The average Bonchev–Trinajstić information content (AvgIpc) is 2.38. The average molecular weight is 257 g/mol. The quantitative estimate of drug-likeness (QED) is 0.841. The molecule has 0 saturated carbocycles. The first-order valence-electron chi connectivity index (χ1n) is 6.45. The number of nitrogens with two attached hydrogens (primary N) is 1. The van der Waals surface area contributed by atoms with E-state index in [9.17, 15) is 4.39 Å². The molecule has 0 saturated heterocycles. The van der Waals surface area contributed by atoms with Crippen molar-refractivity contribution in [3.05, 3.63) is 53.6 Å². The van der Waals surface area contributed by atoms with Gasteiger partial charge in [0, 0.05) is 30.7 Å². The summed E-state index contributed by atoms with van der Waals surface area (Å²) in [6.45, 7) is 1.66. The molecule has 0 spiro atoms. The first-order valence-corrected chi connectivity index (χ1v) is 6.45. The molecule has 0 amide bonds. The van der Waals surface area contributed by atoms with Gasteiger partial charge in [-0.3, -0.25) is 4.98 Å². The van der Waals surface area contributed by atoms with E-state index in [0.29, 0.717) is 6.54 Å². The van der Waals surface area contributed by atoms with E-state index in [-0.39, 0.29) is 5.82 Å². The summed E-state index contributed by atoms with van der Waals surface area (Å²) in [6.07, 6.45) is 5.10. The van der Waals surface area contributed by atoms with Gasteiger partial charge in [0.15, 0.2) is 0 Å². The third-order valence-corrected chi connectivity index (χ3v) is 3.45. The van der Waals surface area contributed by atoms with Crippen LogP contribution in [0.1, 0.15) is 17.5 Å². The van der Waals surface area contributed by atoms with Crippen molar-refractivity contribution in [1.29, 1.82) is 0 Å². The molecule has 3 rings (SSSR count). The molecule has 2 heterocycles. The number of hydrogen-bond acceptors (Lipinski definition) is 3. The standard InChI is InChI=1S/C15H16FN3/c16-13-6-11(8-18-9-13)10-19-5-1-2-12-7-14(17)3-4-15(12)19/h3-4,6-9H,1-2,5,10,17H2. The van der Waals surface area contributed by atoms with Gasteiger partial charge in [-0.25, -0.2) is 4.39 Å². The summed E-state index contributed by atoms with van der Waals surface area (Å²) in [6, 6.07) is 7.54. The van der Waals surface area contributed by atoms with Crippen LogP contribution in [0.2, 0.25) is 0 Å². The van der Waals surface area contributed by atoms with Crippen LogP contribution in [0.25, 0.3) is 0 Å². The van der Waals surface area contributed by atoms with Crippen LogP contribution in [0, 0.1) is 5.82 Å². The maximum atomic E-state index is 13.2. The largest absolute Gasteiger partial charge is 0.399 e. The molecule has 2 N–H and O–H groups in total. The highest BCUT2D eigenvalue weighted by molar-refractivity contribution is 5.61. The molecule has 1 aliphatic rings. The molecule has 2 aromatic rings. The number of nitrogen functional groups attached to an aromatic ring is 1. The van der Waals surface area contributed by atoms with Crippen molar-refractivity contribution in [2.75, 3.05) is 17.2 Å². The van der Waals surface area contributed by atoms with Crippen LogP contribution in [0.3, 0.4) is 0 Å². The van der Waals surface area contributed by atoms with Crippen LogP contribution < -0.4 is 10.6 Å². The van der Waals surface area contributed by atoms with Gasteiger partial charge >= 0.3 is 0 Å². The number of rotatable bonds is 2. The smallest absolute Gasteiger partial charge is 0.141 e. The summed E-state index contributed by atoms with van der Waals surface area (Å²) in [5.74, 6) is -0.285. The lowest BCUT2D eigenvalue weighted by atomic mass is 10.0. The van der Waals surface area contributed by atoms with E-state index in [0.717, 1.165) is 30.6 Å². The second kappa shape index (κ2) is 4.88. The second-order valence-electron chi connectivity index (χ2n) is 4.92. The van der Waals surface area contributed by atoms with Gasteiger partial charge in [-0.05, 0) is 48.2 Å². The molecule has 3 nitrogen and oxygen atoms in total. The first kappa shape index (κ1) is 12.0. The minimum Gasteiger partial charge on any atom is -0.399 e. The lowest BCUT2D eigenvalue weighted by Gasteiger charge is -2.31. The summed E-state index contributed by atoms with van der Waals surface area (Å²) in [7, 11) is 0. The second-order valence-corrected chi connectivity index (χ2v) is 4.92. The van der Waals surface area contributed by atoms with Gasteiger partial charge in [0.1, 0.15) is 5.82 Å². The fourth-order valence-electron chi connectivity index (χ4n) is 2.62. The molecule has 1 aromatic heterocycles. The fraction of sp³-hybridized carbons (Fsp3) is 0.267. The number of aryl methyl sites for hydroxylation is 1. The molecule has 1 aromatic carbocycles. The normalized spacial score (nSPS) is 14.3. The van der Waals surface area contributed by atoms with Crippen LogP contribution in [0.4, 0.5) is 15.8 Å². The number of halogens is 1. The number of fused-ring (bicyclic) bond motifs is 1. The maximum Gasteiger partial charge on any atom is 0.141 e. The summed E-state index contributed by atoms with van der Waals surface area (Å²) < 4.78 is 13.2. The predicted octanol–water partition coefficient (Wildman–Crippen LogP) is 2.76. The molecule has 0 bridgehead atoms. The number of benzene rings is 1. The topological polar surface area (TPSA) is 42.1 Å². The Hall–Kier alpha value is -2.10. The summed E-state index contributed by atoms with van der Waals surface area (Å²) >= 11 is 0. The Kier molecular flexibility index (Phi) is 3.07. The van der Waals surface area contributed by atoms with E-state index in [4.69, 9.17) is 5.73 Å². The van der Waals surface area contributed by atoms with Crippen LogP contribution in [-0.2, 0) is 13.0 Å². The third-order valence-electron chi connectivity index (χ3n) is 3.45. The van der Waals surface area contributed by atoms with E-state index in [1.165, 1.54) is 17.4 Å². The molecule has 19 heavy (non-hydrogen) atoms. The van der Waals surface area contributed by atoms with Crippen LogP contribution in [0.5, 0.6) is 0 Å². The van der Waals surface area contributed by atoms with Crippen LogP contribution in [0.15, 0.2) is 36.7 Å². The molecule has 1 aliphatic heterocycles. The van der Waals surface area contributed by atoms with Gasteiger partial charge in [-0.15, -0.1) is 0 Å². The van der Waals surface area contributed by atoms with Crippen molar-refractivity contribution in [2.24, 2.45) is 0 Å². The van der Waals surface area contributed by atoms with E-state index in [1.807, 2.05) is 12.1 Å². The van der Waals surface area contributed by atoms with Crippen molar-refractivity contribution < 1.29 is 4.39 Å². The third kappa shape index (κ3) is 2.52.